The molecule has 0 aromatic rings. The molecule has 1 atom stereocenters. The van der Waals surface area contributed by atoms with E-state index in [0.717, 1.165) is 7.05 Å². The van der Waals surface area contributed by atoms with Crippen LogP contribution in [-0.4, -0.2) is 53.7 Å². The maximum Gasteiger partial charge on any atom is 0.322 e. The molecule has 0 aliphatic carbocycles. The molecule has 100 valence electrons. The Morgan fingerprint density at radius 2 is 1.82 bits per heavy atom. The molecule has 7 nitrogen and oxygen atoms in total. The molecular weight excluding hydrogens is 250 g/mol. The first kappa shape index (κ1) is 15.9. The molecule has 0 aromatic heterocycles. The van der Waals surface area contributed by atoms with Gasteiger partial charge in [0.2, 0.25) is 10.0 Å². The van der Waals surface area contributed by atoms with Gasteiger partial charge in [-0.05, 0) is 6.42 Å². The smallest absolute Gasteiger partial charge is 0.322 e. The van der Waals surface area contributed by atoms with E-state index in [1.807, 2.05) is 0 Å². The third kappa shape index (κ3) is 5.14. The molecule has 0 aliphatic rings. The Morgan fingerprint density at radius 3 is 2.18 bits per heavy atom. The van der Waals surface area contributed by atoms with Gasteiger partial charge in [-0.25, -0.2) is 8.42 Å². The number of rotatable bonds is 8. The lowest BCUT2D eigenvalue weighted by Gasteiger charge is -2.22. The van der Waals surface area contributed by atoms with Gasteiger partial charge in [-0.3, -0.25) is 9.59 Å². The number of aliphatic carboxylic acids is 2. The van der Waals surface area contributed by atoms with Gasteiger partial charge in [0, 0.05) is 7.05 Å². The molecule has 0 saturated heterocycles. The van der Waals surface area contributed by atoms with E-state index in [9.17, 15) is 18.0 Å². The van der Waals surface area contributed by atoms with Crippen molar-refractivity contribution >= 4 is 22.0 Å². The number of nitrogens with zero attached hydrogens (tertiary/aromatic N) is 1. The van der Waals surface area contributed by atoms with Gasteiger partial charge in [0.15, 0.2) is 0 Å². The van der Waals surface area contributed by atoms with Crippen LogP contribution in [0.25, 0.3) is 0 Å². The maximum atomic E-state index is 11.7. The molecule has 17 heavy (non-hydrogen) atoms. The Morgan fingerprint density at radius 1 is 1.29 bits per heavy atom. The van der Waals surface area contributed by atoms with Gasteiger partial charge in [0.05, 0.1) is 12.2 Å². The van der Waals surface area contributed by atoms with Gasteiger partial charge in [-0.1, -0.05) is 13.3 Å². The summed E-state index contributed by atoms with van der Waals surface area (Å²) in [7, 11) is -2.63. The molecular formula is C9H17NO6S. The Balaban J connectivity index is 4.88. The summed E-state index contributed by atoms with van der Waals surface area (Å²) in [6.45, 7) is 1.81. The van der Waals surface area contributed by atoms with Gasteiger partial charge in [0.25, 0.3) is 0 Å². The predicted octanol–water partition coefficient (Wildman–Crippen LogP) is -0.0240. The first-order chi connectivity index (χ1) is 7.72. The topological polar surface area (TPSA) is 112 Å². The van der Waals surface area contributed by atoms with Gasteiger partial charge < -0.3 is 10.2 Å². The van der Waals surface area contributed by atoms with E-state index >= 15 is 0 Å². The normalized spacial score (nSPS) is 13.6. The molecule has 0 aliphatic heterocycles. The largest absolute Gasteiger partial charge is 0.481 e. The van der Waals surface area contributed by atoms with Gasteiger partial charge in [0.1, 0.15) is 6.04 Å². The summed E-state index contributed by atoms with van der Waals surface area (Å²) in [5.74, 6) is -2.99. The molecule has 0 saturated carbocycles. The number of likely N-dealkylation sites (N-methyl/N-ethyl adjacent to an activating group) is 1. The minimum absolute atomic E-state index is 0.177. The van der Waals surface area contributed by atoms with Crippen LogP contribution in [0.4, 0.5) is 0 Å². The predicted molar refractivity (Wildman–Crippen MR) is 60.1 cm³/mol. The van der Waals surface area contributed by atoms with Crippen molar-refractivity contribution in [3.63, 3.8) is 0 Å². The van der Waals surface area contributed by atoms with E-state index in [0.29, 0.717) is 17.1 Å². The van der Waals surface area contributed by atoms with Crippen molar-refractivity contribution in [2.24, 2.45) is 0 Å². The molecule has 2 N–H and O–H groups in total. The molecule has 0 spiro atoms. The standard InChI is InChI=1S/C9H17NO6S/c1-3-4-5-17(15,16)10(2)7(9(13)14)6-8(11)12/h7H,3-6H2,1-2H3,(H,11,12)(H,13,14)/t7-/m0/s1. The number of carboxylic acids is 2. The molecule has 8 heteroatoms. The summed E-state index contributed by atoms with van der Waals surface area (Å²) in [6, 6.07) is -1.56. The quantitative estimate of drug-likeness (QED) is 0.639. The Kier molecular flexibility index (Phi) is 6.11. The van der Waals surface area contributed by atoms with Crippen LogP contribution in [0.3, 0.4) is 0 Å². The van der Waals surface area contributed by atoms with Gasteiger partial charge in [-0.2, -0.15) is 4.31 Å². The zero-order chi connectivity index (χ0) is 13.6. The van der Waals surface area contributed by atoms with Gasteiger partial charge >= 0.3 is 11.9 Å². The highest BCUT2D eigenvalue weighted by atomic mass is 32.2. The van der Waals surface area contributed by atoms with Crippen molar-refractivity contribution in [1.82, 2.24) is 4.31 Å². The summed E-state index contributed by atoms with van der Waals surface area (Å²) >= 11 is 0. The van der Waals surface area contributed by atoms with E-state index in [4.69, 9.17) is 10.2 Å². The summed E-state index contributed by atoms with van der Waals surface area (Å²) in [6.07, 6.45) is 0.313. The zero-order valence-electron chi connectivity index (χ0n) is 9.79. The van der Waals surface area contributed by atoms with E-state index in [1.54, 1.807) is 6.92 Å². The molecule has 0 heterocycles. The van der Waals surface area contributed by atoms with Crippen molar-refractivity contribution in [2.75, 3.05) is 12.8 Å². The molecule has 0 bridgehead atoms. The summed E-state index contributed by atoms with van der Waals surface area (Å²) in [5, 5.41) is 17.4. The summed E-state index contributed by atoms with van der Waals surface area (Å²) in [4.78, 5) is 21.3. The zero-order valence-corrected chi connectivity index (χ0v) is 10.6. The highest BCUT2D eigenvalue weighted by molar-refractivity contribution is 7.89. The molecule has 0 fully saturated rings. The lowest BCUT2D eigenvalue weighted by atomic mass is 10.2. The first-order valence-electron chi connectivity index (χ1n) is 5.12. The summed E-state index contributed by atoms with van der Waals surface area (Å²) < 4.78 is 24.0. The van der Waals surface area contributed by atoms with E-state index in [1.165, 1.54) is 0 Å². The van der Waals surface area contributed by atoms with Crippen LogP contribution >= 0.6 is 0 Å². The van der Waals surface area contributed by atoms with Crippen LogP contribution in [0.1, 0.15) is 26.2 Å². The average molecular weight is 267 g/mol. The fraction of sp³-hybridized carbons (Fsp3) is 0.778. The van der Waals surface area contributed by atoms with Crippen molar-refractivity contribution in [3.8, 4) is 0 Å². The molecule has 0 aromatic carbocycles. The van der Waals surface area contributed by atoms with Crippen molar-refractivity contribution in [1.29, 1.82) is 0 Å². The second-order valence-electron chi connectivity index (χ2n) is 3.64. The molecule has 0 radical (unpaired) electrons. The number of hydrogen-bond acceptors (Lipinski definition) is 4. The second kappa shape index (κ2) is 6.55. The fourth-order valence-electron chi connectivity index (χ4n) is 1.20. The number of sulfonamides is 1. The van der Waals surface area contributed by atoms with Crippen molar-refractivity contribution in [2.45, 2.75) is 32.2 Å². The monoisotopic (exact) mass is 267 g/mol. The van der Waals surface area contributed by atoms with Gasteiger partial charge in [-0.15, -0.1) is 0 Å². The third-order valence-corrected chi connectivity index (χ3v) is 4.22. The Hall–Kier alpha value is -1.15. The maximum absolute atomic E-state index is 11.7. The van der Waals surface area contributed by atoms with E-state index < -0.39 is 34.4 Å². The van der Waals surface area contributed by atoms with Crippen molar-refractivity contribution in [3.05, 3.63) is 0 Å². The Labute approximate surface area is 100 Å². The fourth-order valence-corrected chi connectivity index (χ4v) is 2.70. The number of hydrogen-bond donors (Lipinski definition) is 2. The number of carbonyl (C=O) groups is 2. The lowest BCUT2D eigenvalue weighted by Crippen LogP contribution is -2.44. The highest BCUT2D eigenvalue weighted by Crippen LogP contribution is 2.11. The average Bonchev–Trinajstić information content (AvgIpc) is 2.21. The molecule has 0 rings (SSSR count). The van der Waals surface area contributed by atoms with Crippen LogP contribution < -0.4 is 0 Å². The van der Waals surface area contributed by atoms with E-state index in [2.05, 4.69) is 0 Å². The second-order valence-corrected chi connectivity index (χ2v) is 5.79. The van der Waals surface area contributed by atoms with Crippen molar-refractivity contribution < 1.29 is 28.2 Å². The van der Waals surface area contributed by atoms with Crippen LogP contribution in [0.15, 0.2) is 0 Å². The molecule has 0 amide bonds. The lowest BCUT2D eigenvalue weighted by molar-refractivity contribution is -0.147. The Bertz CT molecular complexity index is 377. The highest BCUT2D eigenvalue weighted by Gasteiger charge is 2.32. The SMILES string of the molecule is CCCCS(=O)(=O)N(C)[C@@H](CC(=O)O)C(=O)O. The van der Waals surface area contributed by atoms with Crippen LogP contribution in [0.2, 0.25) is 0 Å². The number of carboxylic acid groups (broad SMARTS) is 2. The number of unbranched alkanes of at least 4 members (excludes halogenated alkanes) is 1. The first-order valence-corrected chi connectivity index (χ1v) is 6.73. The molecule has 0 unspecified atom stereocenters. The third-order valence-electron chi connectivity index (χ3n) is 2.29. The minimum Gasteiger partial charge on any atom is -0.481 e. The van der Waals surface area contributed by atoms with Crippen LogP contribution in [0.5, 0.6) is 0 Å². The minimum atomic E-state index is -3.72. The van der Waals surface area contributed by atoms with Crippen LogP contribution in [0, 0.1) is 0 Å². The summed E-state index contributed by atoms with van der Waals surface area (Å²) in [5.41, 5.74) is 0. The van der Waals surface area contributed by atoms with E-state index in [-0.39, 0.29) is 5.75 Å². The van der Waals surface area contributed by atoms with Crippen LogP contribution in [-0.2, 0) is 19.6 Å².